The highest BCUT2D eigenvalue weighted by molar-refractivity contribution is 5.94. The number of nitrogens with one attached hydrogen (secondary N) is 1. The van der Waals surface area contributed by atoms with Crippen LogP contribution in [0.1, 0.15) is 46.2 Å². The van der Waals surface area contributed by atoms with Gasteiger partial charge in [-0.2, -0.15) is 0 Å². The Labute approximate surface area is 196 Å². The molecule has 3 aromatic rings. The zero-order valence-corrected chi connectivity index (χ0v) is 19.7. The lowest BCUT2D eigenvalue weighted by molar-refractivity contribution is 0.0722. The number of benzene rings is 2. The van der Waals surface area contributed by atoms with Gasteiger partial charge in [-0.1, -0.05) is 43.3 Å². The van der Waals surface area contributed by atoms with Crippen molar-refractivity contribution in [1.29, 1.82) is 0 Å². The summed E-state index contributed by atoms with van der Waals surface area (Å²) >= 11 is 0. The van der Waals surface area contributed by atoms with Gasteiger partial charge in [-0.25, -0.2) is 0 Å². The number of hydrogen-bond acceptors (Lipinski definition) is 3. The summed E-state index contributed by atoms with van der Waals surface area (Å²) in [6.07, 6.45) is 4.10. The number of aromatic nitrogens is 1. The minimum Gasteiger partial charge on any atom is -0.494 e. The van der Waals surface area contributed by atoms with Crippen molar-refractivity contribution in [1.82, 2.24) is 14.8 Å². The van der Waals surface area contributed by atoms with E-state index in [1.165, 1.54) is 0 Å². The van der Waals surface area contributed by atoms with Gasteiger partial charge in [0.05, 0.1) is 6.61 Å². The highest BCUT2D eigenvalue weighted by Crippen LogP contribution is 2.18. The molecule has 0 bridgehead atoms. The lowest BCUT2D eigenvalue weighted by Gasteiger charge is -2.29. The summed E-state index contributed by atoms with van der Waals surface area (Å²) in [7, 11) is 3.67. The lowest BCUT2D eigenvalue weighted by Crippen LogP contribution is -2.41. The number of carbonyl (C=O) groups excluding carboxylic acids is 2. The molecule has 0 aliphatic heterocycles. The smallest absolute Gasteiger partial charge is 0.267 e. The third-order valence-corrected chi connectivity index (χ3v) is 5.68. The number of likely N-dealkylation sites (N-methyl/N-ethyl adjacent to an activating group) is 1. The molecule has 0 radical (unpaired) electrons. The van der Waals surface area contributed by atoms with Crippen molar-refractivity contribution in [3.63, 3.8) is 0 Å². The van der Waals surface area contributed by atoms with Crippen LogP contribution in [0.15, 0.2) is 72.9 Å². The number of carbonyl (C=O) groups is 2. The van der Waals surface area contributed by atoms with E-state index < -0.39 is 0 Å². The first-order chi connectivity index (χ1) is 16.0. The van der Waals surface area contributed by atoms with Crippen molar-refractivity contribution >= 4 is 11.8 Å². The molecule has 33 heavy (non-hydrogen) atoms. The Kier molecular flexibility index (Phi) is 8.70. The van der Waals surface area contributed by atoms with Gasteiger partial charge in [0.15, 0.2) is 0 Å². The minimum absolute atomic E-state index is 0.0633. The van der Waals surface area contributed by atoms with Gasteiger partial charge in [-0.05, 0) is 55.2 Å². The minimum atomic E-state index is -0.115. The number of nitrogens with zero attached hydrogens (tertiary/aromatic N) is 2. The highest BCUT2D eigenvalue weighted by Gasteiger charge is 2.22. The van der Waals surface area contributed by atoms with Gasteiger partial charge in [-0.15, -0.1) is 0 Å². The SMILES string of the molecule is CCCOc1cccc(C(=O)N(C)C(CCNC(=O)c2cccn2C)Cc2ccccc2)c1. The average Bonchev–Trinajstić information content (AvgIpc) is 3.28. The van der Waals surface area contributed by atoms with Gasteiger partial charge in [0.1, 0.15) is 11.4 Å². The molecule has 0 aliphatic rings. The maximum Gasteiger partial charge on any atom is 0.267 e. The largest absolute Gasteiger partial charge is 0.494 e. The Hall–Kier alpha value is -3.54. The number of ether oxygens (including phenoxy) is 1. The first-order valence-corrected chi connectivity index (χ1v) is 11.4. The van der Waals surface area contributed by atoms with Gasteiger partial charge in [0.2, 0.25) is 0 Å². The molecule has 1 unspecified atom stereocenters. The van der Waals surface area contributed by atoms with Gasteiger partial charge < -0.3 is 19.5 Å². The van der Waals surface area contributed by atoms with E-state index in [9.17, 15) is 9.59 Å². The molecule has 6 heteroatoms. The molecule has 1 N–H and O–H groups in total. The summed E-state index contributed by atoms with van der Waals surface area (Å²) in [4.78, 5) is 27.6. The predicted molar refractivity (Wildman–Crippen MR) is 131 cm³/mol. The summed E-state index contributed by atoms with van der Waals surface area (Å²) in [5, 5.41) is 2.99. The molecule has 2 aromatic carbocycles. The molecular weight excluding hydrogens is 414 g/mol. The van der Waals surface area contributed by atoms with Gasteiger partial charge in [-0.3, -0.25) is 9.59 Å². The fourth-order valence-corrected chi connectivity index (χ4v) is 3.77. The zero-order valence-electron chi connectivity index (χ0n) is 19.7. The Balaban J connectivity index is 1.70. The Morgan fingerprint density at radius 3 is 2.55 bits per heavy atom. The first-order valence-electron chi connectivity index (χ1n) is 11.4. The second kappa shape index (κ2) is 11.9. The van der Waals surface area contributed by atoms with E-state index in [-0.39, 0.29) is 17.9 Å². The number of rotatable bonds is 11. The fraction of sp³-hybridized carbons (Fsp3) is 0.333. The van der Waals surface area contributed by atoms with Gasteiger partial charge in [0, 0.05) is 38.4 Å². The van der Waals surface area contributed by atoms with Crippen LogP contribution in [0.4, 0.5) is 0 Å². The van der Waals surface area contributed by atoms with E-state index in [1.807, 2.05) is 69.7 Å². The summed E-state index contributed by atoms with van der Waals surface area (Å²) in [5.41, 5.74) is 2.36. The van der Waals surface area contributed by atoms with E-state index in [4.69, 9.17) is 4.74 Å². The topological polar surface area (TPSA) is 63.6 Å². The maximum atomic E-state index is 13.3. The van der Waals surface area contributed by atoms with Gasteiger partial charge in [0.25, 0.3) is 11.8 Å². The van der Waals surface area contributed by atoms with Crippen molar-refractivity contribution in [2.45, 2.75) is 32.2 Å². The standard InChI is InChI=1S/C27H33N3O3/c1-4-18-33-24-13-8-12-22(20-24)27(32)30(3)23(19-21-10-6-5-7-11-21)15-16-28-26(31)25-14-9-17-29(25)2/h5-14,17,20,23H,4,15-16,18-19H2,1-3H3,(H,28,31). The van der Waals surface area contributed by atoms with Crippen molar-refractivity contribution in [3.05, 3.63) is 89.7 Å². The quantitative estimate of drug-likeness (QED) is 0.476. The lowest BCUT2D eigenvalue weighted by atomic mass is 10.0. The van der Waals surface area contributed by atoms with E-state index in [0.29, 0.717) is 43.0 Å². The predicted octanol–water partition coefficient (Wildman–Crippen LogP) is 4.32. The fourth-order valence-electron chi connectivity index (χ4n) is 3.77. The van der Waals surface area contributed by atoms with Crippen LogP contribution in [-0.4, -0.2) is 47.5 Å². The van der Waals surface area contributed by atoms with Crippen LogP contribution in [0, 0.1) is 0 Å². The van der Waals surface area contributed by atoms with Crippen LogP contribution < -0.4 is 10.1 Å². The number of amides is 2. The normalized spacial score (nSPS) is 11.6. The molecule has 0 saturated heterocycles. The van der Waals surface area contributed by atoms with Crippen molar-refractivity contribution in [3.8, 4) is 5.75 Å². The van der Waals surface area contributed by atoms with Crippen molar-refractivity contribution < 1.29 is 14.3 Å². The maximum absolute atomic E-state index is 13.3. The summed E-state index contributed by atoms with van der Waals surface area (Å²) in [6.45, 7) is 3.14. The monoisotopic (exact) mass is 447 g/mol. The highest BCUT2D eigenvalue weighted by atomic mass is 16.5. The molecular formula is C27H33N3O3. The molecule has 1 aromatic heterocycles. The first kappa shape index (κ1) is 24.1. The van der Waals surface area contributed by atoms with E-state index >= 15 is 0 Å². The van der Waals surface area contributed by atoms with Crippen LogP contribution in [0.3, 0.4) is 0 Å². The van der Waals surface area contributed by atoms with Crippen LogP contribution in [0.2, 0.25) is 0 Å². The van der Waals surface area contributed by atoms with E-state index in [1.54, 1.807) is 21.6 Å². The third kappa shape index (κ3) is 6.72. The number of aryl methyl sites for hydroxylation is 1. The summed E-state index contributed by atoms with van der Waals surface area (Å²) in [5.74, 6) is 0.521. The molecule has 1 atom stereocenters. The van der Waals surface area contributed by atoms with Crippen molar-refractivity contribution in [2.24, 2.45) is 7.05 Å². The second-order valence-corrected chi connectivity index (χ2v) is 8.18. The molecule has 0 spiro atoms. The molecule has 2 amide bonds. The molecule has 1 heterocycles. The Morgan fingerprint density at radius 2 is 1.85 bits per heavy atom. The van der Waals surface area contributed by atoms with Crippen molar-refractivity contribution in [2.75, 3.05) is 20.2 Å². The van der Waals surface area contributed by atoms with E-state index in [0.717, 1.165) is 12.0 Å². The van der Waals surface area contributed by atoms with Crippen LogP contribution >= 0.6 is 0 Å². The second-order valence-electron chi connectivity index (χ2n) is 8.18. The molecule has 174 valence electrons. The molecule has 0 aliphatic carbocycles. The van der Waals surface area contributed by atoms with E-state index in [2.05, 4.69) is 17.4 Å². The van der Waals surface area contributed by atoms with Gasteiger partial charge >= 0.3 is 0 Å². The van der Waals surface area contributed by atoms with Crippen LogP contribution in [-0.2, 0) is 13.5 Å². The Morgan fingerprint density at radius 1 is 1.06 bits per heavy atom. The van der Waals surface area contributed by atoms with Crippen LogP contribution in [0.25, 0.3) is 0 Å². The molecule has 0 fully saturated rings. The third-order valence-electron chi connectivity index (χ3n) is 5.68. The molecule has 6 nitrogen and oxygen atoms in total. The number of hydrogen-bond donors (Lipinski definition) is 1. The zero-order chi connectivity index (χ0) is 23.6. The average molecular weight is 448 g/mol. The molecule has 3 rings (SSSR count). The Bertz CT molecular complexity index is 1050. The summed E-state index contributed by atoms with van der Waals surface area (Å²) in [6, 6.07) is 21.0. The molecule has 0 saturated carbocycles. The van der Waals surface area contributed by atoms with Crippen LogP contribution in [0.5, 0.6) is 5.75 Å². The summed E-state index contributed by atoms with van der Waals surface area (Å²) < 4.78 is 7.49.